The van der Waals surface area contributed by atoms with Crippen LogP contribution in [0, 0.1) is 12.7 Å². The summed E-state index contributed by atoms with van der Waals surface area (Å²) in [6.45, 7) is 3.08. The van der Waals surface area contributed by atoms with Crippen molar-refractivity contribution in [2.75, 3.05) is 11.6 Å². The Bertz CT molecular complexity index is 1280. The zero-order chi connectivity index (χ0) is 24.5. The maximum Gasteiger partial charge on any atom is 0.265 e. The molecule has 3 rings (SSSR count). The van der Waals surface area contributed by atoms with Crippen molar-refractivity contribution in [1.82, 2.24) is 4.57 Å². The van der Waals surface area contributed by atoms with Crippen LogP contribution in [-0.2, 0) is 16.3 Å². The molecule has 1 aromatic heterocycles. The van der Waals surface area contributed by atoms with E-state index in [0.717, 1.165) is 18.4 Å². The van der Waals surface area contributed by atoms with Gasteiger partial charge in [-0.05, 0) is 62.4 Å². The second-order valence-corrected chi connectivity index (χ2v) is 9.79. The molecule has 0 aliphatic rings. The highest BCUT2D eigenvalue weighted by atomic mass is 32.2. The topological polar surface area (TPSA) is 88.4 Å². The second-order valence-electron chi connectivity index (χ2n) is 7.78. The smallest absolute Gasteiger partial charge is 0.265 e. The van der Waals surface area contributed by atoms with Crippen molar-refractivity contribution in [2.24, 2.45) is 0 Å². The number of aromatic nitrogens is 1. The largest absolute Gasteiger partial charge is 0.393 e. The summed E-state index contributed by atoms with van der Waals surface area (Å²) < 4.78 is 65.5. The molecule has 0 aliphatic heterocycles. The number of hydrogen-bond donors (Lipinski definition) is 2. The first-order chi connectivity index (χ1) is 15.4. The summed E-state index contributed by atoms with van der Waals surface area (Å²) in [4.78, 5) is 13.1. The van der Waals surface area contributed by atoms with E-state index in [1.807, 2.05) is 0 Å². The van der Waals surface area contributed by atoms with Crippen molar-refractivity contribution in [2.45, 2.75) is 37.7 Å². The van der Waals surface area contributed by atoms with E-state index in [1.54, 1.807) is 6.92 Å². The number of sulfone groups is 1. The molecule has 0 radical (unpaired) electrons. The molecule has 0 saturated carbocycles. The van der Waals surface area contributed by atoms with Crippen LogP contribution in [0.5, 0.6) is 0 Å². The molecule has 1 amide bonds. The standard InChI is InChI=1S/C23H23F3N2O4S/c1-13(29)10-17-12-19(23(30)27-16-5-7-18(8-6-16)33(3,31)32)14(2)28(17)21-9-4-15(24)11-20(21)22(25)26/h4-9,11-13,22,29H,10H2,1-3H3,(H,27,30). The van der Waals surface area contributed by atoms with Gasteiger partial charge in [-0.25, -0.2) is 21.6 Å². The molecular formula is C23H23F3N2O4S. The first kappa shape index (κ1) is 24.5. The number of aliphatic hydroxyl groups is 1. The maximum absolute atomic E-state index is 13.6. The average Bonchev–Trinajstić information content (AvgIpc) is 3.03. The fourth-order valence-electron chi connectivity index (χ4n) is 3.58. The number of benzene rings is 2. The number of nitrogens with zero attached hydrogens (tertiary/aromatic N) is 1. The molecular weight excluding hydrogens is 457 g/mol. The Kier molecular flexibility index (Phi) is 6.99. The highest BCUT2D eigenvalue weighted by molar-refractivity contribution is 7.90. The molecule has 0 fully saturated rings. The van der Waals surface area contributed by atoms with Gasteiger partial charge in [0.25, 0.3) is 12.3 Å². The molecule has 2 N–H and O–H groups in total. The minimum Gasteiger partial charge on any atom is -0.393 e. The van der Waals surface area contributed by atoms with Crippen LogP contribution in [-0.4, -0.2) is 36.4 Å². The molecule has 0 bridgehead atoms. The first-order valence-electron chi connectivity index (χ1n) is 9.97. The molecule has 1 heterocycles. The SMILES string of the molecule is Cc1c(C(=O)Nc2ccc(S(C)(=O)=O)cc2)cc(CC(C)O)n1-c1ccc(F)cc1C(F)F. The summed E-state index contributed by atoms with van der Waals surface area (Å²) in [6.07, 6.45) is -2.65. The normalized spacial score (nSPS) is 12.7. The third-order valence-electron chi connectivity index (χ3n) is 5.08. The van der Waals surface area contributed by atoms with Gasteiger partial charge in [-0.3, -0.25) is 4.79 Å². The number of carbonyl (C=O) groups is 1. The summed E-state index contributed by atoms with van der Waals surface area (Å²) in [7, 11) is -3.39. The third kappa shape index (κ3) is 5.45. The van der Waals surface area contributed by atoms with Gasteiger partial charge in [-0.1, -0.05) is 0 Å². The third-order valence-corrected chi connectivity index (χ3v) is 6.21. The summed E-state index contributed by atoms with van der Waals surface area (Å²) in [5, 5.41) is 12.5. The first-order valence-corrected chi connectivity index (χ1v) is 11.9. The molecule has 0 aliphatic carbocycles. The van der Waals surface area contributed by atoms with Crippen molar-refractivity contribution in [3.05, 3.63) is 76.9 Å². The number of amides is 1. The van der Waals surface area contributed by atoms with Gasteiger partial charge >= 0.3 is 0 Å². The lowest BCUT2D eigenvalue weighted by molar-refractivity contribution is 0.102. The molecule has 2 aromatic carbocycles. The Morgan fingerprint density at radius 1 is 1.12 bits per heavy atom. The van der Waals surface area contributed by atoms with Crippen molar-refractivity contribution < 1.29 is 31.5 Å². The Labute approximate surface area is 189 Å². The monoisotopic (exact) mass is 480 g/mol. The number of halogens is 3. The molecule has 0 saturated heterocycles. The van der Waals surface area contributed by atoms with Crippen molar-refractivity contribution in [3.63, 3.8) is 0 Å². The molecule has 33 heavy (non-hydrogen) atoms. The summed E-state index contributed by atoms with van der Waals surface area (Å²) in [5.41, 5.74) is 0.701. The second kappa shape index (κ2) is 9.40. The van der Waals surface area contributed by atoms with Crippen molar-refractivity contribution in [3.8, 4) is 5.69 Å². The summed E-state index contributed by atoms with van der Waals surface area (Å²) in [6, 6.07) is 10.1. The molecule has 10 heteroatoms. The maximum atomic E-state index is 13.6. The lowest BCUT2D eigenvalue weighted by Crippen LogP contribution is -2.14. The van der Waals surface area contributed by atoms with E-state index in [4.69, 9.17) is 0 Å². The van der Waals surface area contributed by atoms with Crippen LogP contribution in [0.1, 0.15) is 40.7 Å². The number of alkyl halides is 2. The van der Waals surface area contributed by atoms with Crippen LogP contribution in [0.3, 0.4) is 0 Å². The molecule has 3 aromatic rings. The Morgan fingerprint density at radius 3 is 2.30 bits per heavy atom. The van der Waals surface area contributed by atoms with E-state index in [0.29, 0.717) is 17.1 Å². The molecule has 176 valence electrons. The van der Waals surface area contributed by atoms with Crippen molar-refractivity contribution in [1.29, 1.82) is 0 Å². The number of hydrogen-bond acceptors (Lipinski definition) is 4. The van der Waals surface area contributed by atoms with Crippen molar-refractivity contribution >= 4 is 21.4 Å². The van der Waals surface area contributed by atoms with Gasteiger partial charge in [0.1, 0.15) is 5.82 Å². The lowest BCUT2D eigenvalue weighted by Gasteiger charge is -2.17. The van der Waals surface area contributed by atoms with E-state index in [1.165, 1.54) is 47.9 Å². The Hall–Kier alpha value is -3.11. The molecule has 6 nitrogen and oxygen atoms in total. The van der Waals surface area contributed by atoms with E-state index in [-0.39, 0.29) is 22.6 Å². The number of aliphatic hydroxyl groups excluding tert-OH is 1. The van der Waals surface area contributed by atoms with E-state index in [2.05, 4.69) is 5.32 Å². The Balaban J connectivity index is 2.04. The van der Waals surface area contributed by atoms with E-state index < -0.39 is 39.7 Å². The van der Waals surface area contributed by atoms with Gasteiger partial charge in [0.2, 0.25) is 0 Å². The van der Waals surface area contributed by atoms with E-state index in [9.17, 15) is 31.5 Å². The predicted octanol–water partition coefficient (Wildman–Crippen LogP) is 4.44. The summed E-state index contributed by atoms with van der Waals surface area (Å²) in [5.74, 6) is -1.36. The highest BCUT2D eigenvalue weighted by Gasteiger charge is 2.24. The van der Waals surface area contributed by atoms with Gasteiger partial charge in [-0.15, -0.1) is 0 Å². The van der Waals surface area contributed by atoms with Crippen LogP contribution in [0.4, 0.5) is 18.9 Å². The van der Waals surface area contributed by atoms with Crippen LogP contribution >= 0.6 is 0 Å². The minimum absolute atomic E-state index is 0.0103. The zero-order valence-corrected chi connectivity index (χ0v) is 19.0. The number of nitrogens with one attached hydrogen (secondary N) is 1. The van der Waals surface area contributed by atoms with Gasteiger partial charge in [0.15, 0.2) is 9.84 Å². The van der Waals surface area contributed by atoms with Crippen LogP contribution in [0.25, 0.3) is 5.69 Å². The molecule has 1 atom stereocenters. The lowest BCUT2D eigenvalue weighted by atomic mass is 10.1. The van der Waals surface area contributed by atoms with Gasteiger partial charge < -0.3 is 15.0 Å². The van der Waals surface area contributed by atoms with Gasteiger partial charge in [0, 0.05) is 35.3 Å². The summed E-state index contributed by atoms with van der Waals surface area (Å²) >= 11 is 0. The van der Waals surface area contributed by atoms with Gasteiger partial charge in [-0.2, -0.15) is 0 Å². The molecule has 1 unspecified atom stereocenters. The average molecular weight is 481 g/mol. The number of rotatable bonds is 7. The predicted molar refractivity (Wildman–Crippen MR) is 118 cm³/mol. The fraction of sp³-hybridized carbons (Fsp3) is 0.261. The van der Waals surface area contributed by atoms with Gasteiger partial charge in [0.05, 0.1) is 22.3 Å². The molecule has 0 spiro atoms. The fourth-order valence-corrected chi connectivity index (χ4v) is 4.21. The van der Waals surface area contributed by atoms with E-state index >= 15 is 0 Å². The quantitative estimate of drug-likeness (QED) is 0.523. The Morgan fingerprint density at radius 2 is 1.76 bits per heavy atom. The van der Waals surface area contributed by atoms with Crippen LogP contribution in [0.15, 0.2) is 53.4 Å². The highest BCUT2D eigenvalue weighted by Crippen LogP contribution is 2.31. The number of anilines is 1. The zero-order valence-electron chi connectivity index (χ0n) is 18.1. The van der Waals surface area contributed by atoms with Crippen LogP contribution in [0.2, 0.25) is 0 Å². The number of carbonyl (C=O) groups excluding carboxylic acids is 1. The minimum atomic E-state index is -3.39. The van der Waals surface area contributed by atoms with Crippen LogP contribution < -0.4 is 5.32 Å².